The quantitative estimate of drug-likeness (QED) is 0.754. The second-order valence-corrected chi connectivity index (χ2v) is 11.9. The van der Waals surface area contributed by atoms with Crippen LogP contribution in [0.5, 0.6) is 0 Å². The third-order valence-corrected chi connectivity index (χ3v) is 9.80. The van der Waals surface area contributed by atoms with E-state index in [4.69, 9.17) is 0 Å². The second-order valence-electron chi connectivity index (χ2n) is 11.9. The van der Waals surface area contributed by atoms with Crippen LogP contribution in [0.15, 0.2) is 30.3 Å². The Labute approximate surface area is 182 Å². The van der Waals surface area contributed by atoms with E-state index in [1.54, 1.807) is 0 Å². The highest BCUT2D eigenvalue weighted by atomic mass is 16.2. The van der Waals surface area contributed by atoms with Crippen molar-refractivity contribution in [3.63, 3.8) is 0 Å². The number of hydrogen-bond acceptors (Lipinski definition) is 2. The van der Waals surface area contributed by atoms with Gasteiger partial charge in [-0.1, -0.05) is 43.7 Å². The molecule has 3 aliphatic heterocycles. The highest BCUT2D eigenvalue weighted by Gasteiger charge is 2.65. The van der Waals surface area contributed by atoms with Crippen LogP contribution in [0.3, 0.4) is 0 Å². The molecule has 1 aromatic carbocycles. The van der Waals surface area contributed by atoms with E-state index in [-0.39, 0.29) is 10.8 Å². The summed E-state index contributed by atoms with van der Waals surface area (Å²) in [6.07, 6.45) is 12.4. The highest BCUT2D eigenvalue weighted by molar-refractivity contribution is 5.84. The maximum atomic E-state index is 14.0. The van der Waals surface area contributed by atoms with Crippen LogP contribution < -0.4 is 5.32 Å². The molecule has 3 heterocycles. The minimum atomic E-state index is -0.129. The average molecular weight is 407 g/mol. The number of carbonyl (C=O) groups excluding carboxylic acids is 1. The molecule has 8 rings (SSSR count). The monoisotopic (exact) mass is 406 g/mol. The van der Waals surface area contributed by atoms with Gasteiger partial charge in [0, 0.05) is 12.6 Å². The molecule has 0 spiro atoms. The van der Waals surface area contributed by atoms with Crippen molar-refractivity contribution in [2.45, 2.75) is 82.6 Å². The van der Waals surface area contributed by atoms with Gasteiger partial charge in [-0.2, -0.15) is 0 Å². The molecule has 1 aromatic rings. The van der Waals surface area contributed by atoms with Crippen LogP contribution in [0.25, 0.3) is 0 Å². The molecule has 1 amide bonds. The van der Waals surface area contributed by atoms with Crippen LogP contribution >= 0.6 is 0 Å². The summed E-state index contributed by atoms with van der Waals surface area (Å²) in [4.78, 5) is 16.6. The number of carbonyl (C=O) groups is 1. The van der Waals surface area contributed by atoms with Gasteiger partial charge in [0.05, 0.1) is 5.41 Å². The average Bonchev–Trinajstić information content (AvgIpc) is 2.74. The fraction of sp³-hybridized carbons (Fsp3) is 0.741. The Morgan fingerprint density at radius 2 is 1.87 bits per heavy atom. The molecular formula is C27H38N2O. The van der Waals surface area contributed by atoms with E-state index in [9.17, 15) is 4.79 Å². The summed E-state index contributed by atoms with van der Waals surface area (Å²) in [5.41, 5.74) is 1.99. The van der Waals surface area contributed by atoms with Gasteiger partial charge < -0.3 is 10.2 Å². The summed E-state index contributed by atoms with van der Waals surface area (Å²) in [5.74, 6) is 1.86. The molecule has 3 saturated heterocycles. The number of nitrogens with one attached hydrogen (secondary N) is 1. The number of piperidine rings is 3. The number of nitrogens with zero attached hydrogens (tertiary/aromatic N) is 1. The van der Waals surface area contributed by atoms with E-state index in [2.05, 4.69) is 47.5 Å². The molecule has 3 heteroatoms. The molecule has 3 unspecified atom stereocenters. The zero-order valence-electron chi connectivity index (χ0n) is 18.7. The number of rotatable bonds is 5. The Balaban J connectivity index is 1.33. The van der Waals surface area contributed by atoms with Gasteiger partial charge in [-0.3, -0.25) is 4.79 Å². The third kappa shape index (κ3) is 2.91. The third-order valence-electron chi connectivity index (χ3n) is 9.80. The SMILES string of the molecule is CCCC12CC3CC(C(=O)N[C@H]4CN5CCC4CC5)(C1)C[C@@](c1ccccc1)(C3)C2. The minimum absolute atomic E-state index is 0.129. The minimum Gasteiger partial charge on any atom is -0.351 e. The number of hydrogen-bond donors (Lipinski definition) is 1. The van der Waals surface area contributed by atoms with Crippen molar-refractivity contribution in [2.75, 3.05) is 19.6 Å². The largest absolute Gasteiger partial charge is 0.351 e. The molecular weight excluding hydrogens is 368 g/mol. The van der Waals surface area contributed by atoms with Crippen LogP contribution in [0.4, 0.5) is 0 Å². The molecule has 7 fully saturated rings. The summed E-state index contributed by atoms with van der Waals surface area (Å²) in [6.45, 7) is 5.90. The smallest absolute Gasteiger partial charge is 0.226 e. The van der Waals surface area contributed by atoms with Gasteiger partial charge in [0.25, 0.3) is 0 Å². The predicted molar refractivity (Wildman–Crippen MR) is 120 cm³/mol. The summed E-state index contributed by atoms with van der Waals surface area (Å²) in [7, 11) is 0. The van der Waals surface area contributed by atoms with E-state index in [1.807, 2.05) is 0 Å². The molecule has 1 N–H and O–H groups in total. The lowest BCUT2D eigenvalue weighted by molar-refractivity contribution is -0.165. The van der Waals surface area contributed by atoms with Crippen molar-refractivity contribution in [3.8, 4) is 0 Å². The maximum Gasteiger partial charge on any atom is 0.226 e. The van der Waals surface area contributed by atoms with Crippen molar-refractivity contribution in [1.29, 1.82) is 0 Å². The predicted octanol–water partition coefficient (Wildman–Crippen LogP) is 4.91. The van der Waals surface area contributed by atoms with E-state index in [0.29, 0.717) is 23.3 Å². The Morgan fingerprint density at radius 3 is 2.57 bits per heavy atom. The zero-order valence-corrected chi connectivity index (χ0v) is 18.7. The summed E-state index contributed by atoms with van der Waals surface area (Å²) < 4.78 is 0. The topological polar surface area (TPSA) is 32.3 Å². The Hall–Kier alpha value is -1.35. The van der Waals surface area contributed by atoms with E-state index in [0.717, 1.165) is 31.7 Å². The number of benzene rings is 1. The first kappa shape index (κ1) is 19.3. The molecule has 6 bridgehead atoms. The van der Waals surface area contributed by atoms with Crippen LogP contribution in [0.2, 0.25) is 0 Å². The summed E-state index contributed by atoms with van der Waals surface area (Å²) in [6, 6.07) is 11.7. The standard InChI is InChI=1S/C27H38N2O/c1-2-10-25-13-20-14-26(17-25,22-6-4-3-5-7-22)19-27(15-20,18-25)24(30)28-23-16-29-11-8-21(23)9-12-29/h3-7,20-21,23H,2,8-19H2,1H3,(H,28,30)/t20?,23-,25?,26+,27?/m0/s1. The van der Waals surface area contributed by atoms with E-state index >= 15 is 0 Å². The fourth-order valence-electron chi connectivity index (χ4n) is 9.26. The molecule has 0 aromatic heterocycles. The van der Waals surface area contributed by atoms with Crippen molar-refractivity contribution in [3.05, 3.63) is 35.9 Å². The van der Waals surface area contributed by atoms with Crippen molar-refractivity contribution >= 4 is 5.91 Å². The Morgan fingerprint density at radius 1 is 1.07 bits per heavy atom. The zero-order chi connectivity index (χ0) is 20.4. The summed E-state index contributed by atoms with van der Waals surface area (Å²) in [5, 5.41) is 3.65. The van der Waals surface area contributed by atoms with Gasteiger partial charge in [0.15, 0.2) is 0 Å². The molecule has 3 nitrogen and oxygen atoms in total. The second kappa shape index (κ2) is 6.82. The first-order valence-electron chi connectivity index (χ1n) is 12.6. The Bertz CT molecular complexity index is 815. The van der Waals surface area contributed by atoms with Crippen LogP contribution in [-0.2, 0) is 10.2 Å². The first-order valence-corrected chi connectivity index (χ1v) is 12.6. The van der Waals surface area contributed by atoms with Crippen LogP contribution in [0, 0.1) is 22.7 Å². The van der Waals surface area contributed by atoms with Gasteiger partial charge in [-0.25, -0.2) is 0 Å². The lowest BCUT2D eigenvalue weighted by Gasteiger charge is -2.66. The van der Waals surface area contributed by atoms with Crippen LogP contribution in [0.1, 0.15) is 76.7 Å². The molecule has 7 aliphatic rings. The lowest BCUT2D eigenvalue weighted by atomic mass is 9.37. The molecule has 4 saturated carbocycles. The molecule has 162 valence electrons. The van der Waals surface area contributed by atoms with Gasteiger partial charge >= 0.3 is 0 Å². The van der Waals surface area contributed by atoms with Gasteiger partial charge in [-0.15, -0.1) is 0 Å². The first-order chi connectivity index (χ1) is 14.5. The van der Waals surface area contributed by atoms with Crippen molar-refractivity contribution < 1.29 is 4.79 Å². The van der Waals surface area contributed by atoms with E-state index < -0.39 is 0 Å². The number of amides is 1. The van der Waals surface area contributed by atoms with E-state index in [1.165, 1.54) is 63.6 Å². The number of fused-ring (bicyclic) bond motifs is 3. The van der Waals surface area contributed by atoms with Crippen LogP contribution in [-0.4, -0.2) is 36.5 Å². The van der Waals surface area contributed by atoms with Crippen molar-refractivity contribution in [2.24, 2.45) is 22.7 Å². The van der Waals surface area contributed by atoms with Gasteiger partial charge in [-0.05, 0) is 99.1 Å². The highest BCUT2D eigenvalue weighted by Crippen LogP contribution is 2.71. The molecule has 5 atom stereocenters. The molecule has 4 aliphatic carbocycles. The van der Waals surface area contributed by atoms with Gasteiger partial charge in [0.2, 0.25) is 5.91 Å². The van der Waals surface area contributed by atoms with Crippen molar-refractivity contribution in [1.82, 2.24) is 10.2 Å². The normalized spacial score (nSPS) is 46.2. The maximum absolute atomic E-state index is 14.0. The lowest BCUT2D eigenvalue weighted by Crippen LogP contribution is -2.65. The fourth-order valence-corrected chi connectivity index (χ4v) is 9.26. The summed E-state index contributed by atoms with van der Waals surface area (Å²) >= 11 is 0. The Kier molecular flexibility index (Phi) is 4.40. The molecule has 30 heavy (non-hydrogen) atoms. The van der Waals surface area contributed by atoms with Gasteiger partial charge in [0.1, 0.15) is 0 Å². The molecule has 0 radical (unpaired) electrons.